The molecule has 0 aromatic heterocycles. The van der Waals surface area contributed by atoms with Gasteiger partial charge >= 0.3 is 22.4 Å². The molecule has 5 nitrogen and oxygen atoms in total. The highest BCUT2D eigenvalue weighted by Crippen LogP contribution is 3.02. The molecule has 2 saturated heterocycles. The van der Waals surface area contributed by atoms with Crippen LogP contribution in [-0.2, 0) is 25.4 Å². The fraction of sp³-hybridized carbons (Fsp3) is 0.526. The van der Waals surface area contributed by atoms with E-state index in [9.17, 15) is 37.4 Å². The summed E-state index contributed by atoms with van der Waals surface area (Å²) in [6, 6.07) is 0.0448. The Kier molecular flexibility index (Phi) is 5.09. The first-order valence-electron chi connectivity index (χ1n) is 9.78. The lowest BCUT2D eigenvalue weighted by atomic mass is 9.98. The number of hydrogen-bond donors (Lipinski definition) is 0. The molecule has 3 aliphatic heterocycles. The van der Waals surface area contributed by atoms with E-state index in [0.717, 1.165) is 0 Å². The standard InChI is InChI=1S/C19H18F8O5S/c1-2-9-5-11(33(23,24,25,26)27)6-10-7-12(17(19(20,21)22)32-15(9)10)18(28)31-14-8-30-13-3-4-29-16(13)14/h5-7,13-14,16-17H,2-4,8H2,1H3. The molecule has 0 bridgehead atoms. The highest BCUT2D eigenvalue weighted by atomic mass is 32.5. The summed E-state index contributed by atoms with van der Waals surface area (Å²) in [7, 11) is -10.2. The minimum atomic E-state index is -10.2. The molecular formula is C19H18F8O5S. The smallest absolute Gasteiger partial charge is 0.430 e. The van der Waals surface area contributed by atoms with Crippen LogP contribution >= 0.6 is 10.2 Å². The summed E-state index contributed by atoms with van der Waals surface area (Å²) in [5.41, 5.74) is -2.42. The highest BCUT2D eigenvalue weighted by Gasteiger charge is 2.66. The monoisotopic (exact) mass is 510 g/mol. The van der Waals surface area contributed by atoms with Gasteiger partial charge in [-0.15, -0.1) is 0 Å². The third-order valence-electron chi connectivity index (χ3n) is 5.54. The molecule has 0 N–H and O–H groups in total. The van der Waals surface area contributed by atoms with Crippen molar-refractivity contribution in [2.24, 2.45) is 0 Å². The molecule has 0 saturated carbocycles. The van der Waals surface area contributed by atoms with Crippen molar-refractivity contribution in [3.05, 3.63) is 28.8 Å². The van der Waals surface area contributed by atoms with E-state index in [1.165, 1.54) is 6.92 Å². The van der Waals surface area contributed by atoms with Crippen LogP contribution in [0.4, 0.5) is 32.6 Å². The number of alkyl halides is 3. The third-order valence-corrected chi connectivity index (χ3v) is 6.66. The zero-order valence-electron chi connectivity index (χ0n) is 16.8. The van der Waals surface area contributed by atoms with Crippen molar-refractivity contribution in [1.82, 2.24) is 0 Å². The van der Waals surface area contributed by atoms with Crippen LogP contribution in [-0.4, -0.2) is 49.8 Å². The Balaban J connectivity index is 1.76. The molecule has 3 heterocycles. The lowest BCUT2D eigenvalue weighted by Crippen LogP contribution is -2.42. The van der Waals surface area contributed by atoms with Crippen LogP contribution < -0.4 is 4.74 Å². The van der Waals surface area contributed by atoms with Gasteiger partial charge < -0.3 is 18.9 Å². The number of benzene rings is 1. The average molecular weight is 510 g/mol. The van der Waals surface area contributed by atoms with Crippen molar-refractivity contribution in [2.75, 3.05) is 13.2 Å². The SMILES string of the molecule is CCc1cc(S(F)(F)(F)(F)F)cc2c1OC(C(F)(F)F)C(C(=O)OC1COC3CCOC31)=C2. The zero-order chi connectivity index (χ0) is 24.5. The van der Waals surface area contributed by atoms with E-state index in [1.807, 2.05) is 0 Å². The summed E-state index contributed by atoms with van der Waals surface area (Å²) in [5, 5.41) is 0. The molecule has 1 aromatic rings. The minimum Gasteiger partial charge on any atom is -0.475 e. The maximum Gasteiger partial charge on any atom is 0.430 e. The largest absolute Gasteiger partial charge is 0.475 e. The van der Waals surface area contributed by atoms with Crippen LogP contribution in [0, 0.1) is 0 Å². The van der Waals surface area contributed by atoms with Gasteiger partial charge in [0, 0.05) is 12.2 Å². The van der Waals surface area contributed by atoms with Crippen molar-refractivity contribution < 1.29 is 56.3 Å². The number of hydrogen-bond acceptors (Lipinski definition) is 5. The molecule has 2 fully saturated rings. The van der Waals surface area contributed by atoms with E-state index < -0.39 is 74.1 Å². The van der Waals surface area contributed by atoms with Gasteiger partial charge in [-0.1, -0.05) is 26.4 Å². The number of carbonyl (C=O) groups excluding carboxylic acids is 1. The van der Waals surface area contributed by atoms with Crippen molar-refractivity contribution in [3.63, 3.8) is 0 Å². The minimum absolute atomic E-state index is 0.0231. The van der Waals surface area contributed by atoms with E-state index in [0.29, 0.717) is 19.1 Å². The number of esters is 1. The van der Waals surface area contributed by atoms with Gasteiger partial charge in [-0.3, -0.25) is 0 Å². The summed E-state index contributed by atoms with van der Waals surface area (Å²) >= 11 is 0. The maximum atomic E-state index is 13.7. The van der Waals surface area contributed by atoms with E-state index in [1.54, 1.807) is 0 Å². The summed E-state index contributed by atoms with van der Waals surface area (Å²) in [6.07, 6.45) is -9.52. The molecule has 0 amide bonds. The Labute approximate surface area is 182 Å². The molecule has 1 aromatic carbocycles. The predicted octanol–water partition coefficient (Wildman–Crippen LogP) is 5.71. The summed E-state index contributed by atoms with van der Waals surface area (Å²) in [5.74, 6) is -2.19. The quantitative estimate of drug-likeness (QED) is 0.384. The van der Waals surface area contributed by atoms with Gasteiger partial charge in [0.05, 0.1) is 18.3 Å². The Bertz CT molecular complexity index is 1020. The maximum absolute atomic E-state index is 13.7. The van der Waals surface area contributed by atoms with Crippen LogP contribution in [0.2, 0.25) is 0 Å². The molecule has 0 radical (unpaired) electrons. The van der Waals surface area contributed by atoms with Gasteiger partial charge in [0.2, 0.25) is 6.10 Å². The van der Waals surface area contributed by atoms with Crippen LogP contribution in [0.3, 0.4) is 0 Å². The Hall–Kier alpha value is -2.06. The van der Waals surface area contributed by atoms with Gasteiger partial charge in [0.25, 0.3) is 0 Å². The van der Waals surface area contributed by atoms with E-state index >= 15 is 0 Å². The molecule has 4 rings (SSSR count). The second-order valence-electron chi connectivity index (χ2n) is 7.90. The molecule has 33 heavy (non-hydrogen) atoms. The highest BCUT2D eigenvalue weighted by molar-refractivity contribution is 8.45. The second-order valence-corrected chi connectivity index (χ2v) is 10.3. The fourth-order valence-electron chi connectivity index (χ4n) is 3.99. The lowest BCUT2D eigenvalue weighted by molar-refractivity contribution is -0.189. The first-order valence-corrected chi connectivity index (χ1v) is 11.7. The lowest BCUT2D eigenvalue weighted by Gasteiger charge is -2.41. The Morgan fingerprint density at radius 1 is 1.15 bits per heavy atom. The van der Waals surface area contributed by atoms with Gasteiger partial charge in [0.15, 0.2) is 6.10 Å². The molecule has 3 aliphatic rings. The second kappa shape index (κ2) is 6.98. The third kappa shape index (κ3) is 4.64. The van der Waals surface area contributed by atoms with E-state index in [2.05, 4.69) is 0 Å². The zero-order valence-corrected chi connectivity index (χ0v) is 17.7. The number of aryl methyl sites for hydroxylation is 1. The molecule has 0 spiro atoms. The van der Waals surface area contributed by atoms with Gasteiger partial charge in [-0.25, -0.2) is 4.79 Å². The van der Waals surface area contributed by atoms with Crippen molar-refractivity contribution in [2.45, 2.75) is 55.3 Å². The number of fused-ring (bicyclic) bond motifs is 2. The van der Waals surface area contributed by atoms with Crippen LogP contribution in [0.5, 0.6) is 5.75 Å². The molecule has 14 heteroatoms. The summed E-state index contributed by atoms with van der Waals surface area (Å²) in [6.45, 7) is 1.42. The normalized spacial score (nSPS) is 29.3. The summed E-state index contributed by atoms with van der Waals surface area (Å²) in [4.78, 5) is 10.3. The molecule has 0 aliphatic carbocycles. The number of ether oxygens (including phenoxy) is 4. The Morgan fingerprint density at radius 3 is 2.45 bits per heavy atom. The van der Waals surface area contributed by atoms with Gasteiger partial charge in [0.1, 0.15) is 16.7 Å². The Morgan fingerprint density at radius 2 is 1.85 bits per heavy atom. The topological polar surface area (TPSA) is 54.0 Å². The van der Waals surface area contributed by atoms with Crippen molar-refractivity contribution >= 4 is 22.3 Å². The number of carbonyl (C=O) groups is 1. The first-order chi connectivity index (χ1) is 15.0. The van der Waals surface area contributed by atoms with Crippen LogP contribution in [0.15, 0.2) is 22.6 Å². The van der Waals surface area contributed by atoms with Gasteiger partial charge in [-0.2, -0.15) is 13.2 Å². The van der Waals surface area contributed by atoms with Crippen LogP contribution in [0.1, 0.15) is 24.5 Å². The fourth-order valence-corrected chi connectivity index (χ4v) is 4.70. The number of rotatable bonds is 4. The molecule has 4 atom stereocenters. The van der Waals surface area contributed by atoms with Crippen molar-refractivity contribution in [3.8, 4) is 5.75 Å². The molecular weight excluding hydrogens is 492 g/mol. The number of halogens is 8. The van der Waals surface area contributed by atoms with Crippen LogP contribution in [0.25, 0.3) is 6.08 Å². The molecule has 186 valence electrons. The van der Waals surface area contributed by atoms with Crippen molar-refractivity contribution in [1.29, 1.82) is 0 Å². The first kappa shape index (κ1) is 24.1. The molecule has 4 unspecified atom stereocenters. The van der Waals surface area contributed by atoms with E-state index in [-0.39, 0.29) is 25.2 Å². The average Bonchev–Trinajstić information content (AvgIpc) is 3.28. The van der Waals surface area contributed by atoms with Gasteiger partial charge in [-0.05, 0) is 36.6 Å². The predicted molar refractivity (Wildman–Crippen MR) is 99.6 cm³/mol. The van der Waals surface area contributed by atoms with E-state index in [4.69, 9.17) is 18.9 Å². The summed E-state index contributed by atoms with van der Waals surface area (Å²) < 4.78 is 129.